The van der Waals surface area contributed by atoms with Crippen LogP contribution in [0.3, 0.4) is 0 Å². The Morgan fingerprint density at radius 2 is 1.54 bits per heavy atom. The van der Waals surface area contributed by atoms with Gasteiger partial charge in [0.05, 0.1) is 17.3 Å². The summed E-state index contributed by atoms with van der Waals surface area (Å²) < 4.78 is 7.40. The normalized spacial score (nSPS) is 14.2. The number of rotatable bonds is 8. The number of aromatic nitrogens is 1. The van der Waals surface area contributed by atoms with Crippen molar-refractivity contribution in [3.05, 3.63) is 100 Å². The molecule has 2 heterocycles. The fourth-order valence-corrected chi connectivity index (χ4v) is 4.96. The predicted molar refractivity (Wildman–Crippen MR) is 159 cm³/mol. The largest absolute Gasteiger partial charge is 0.494 e. The molecule has 1 aliphatic heterocycles. The molecule has 0 bridgehead atoms. The maximum atomic E-state index is 14.3. The van der Waals surface area contributed by atoms with Crippen molar-refractivity contribution in [1.82, 2.24) is 9.47 Å². The van der Waals surface area contributed by atoms with Crippen LogP contribution in [0.2, 0.25) is 5.02 Å². The Hall–Kier alpha value is -3.94. The van der Waals surface area contributed by atoms with E-state index in [1.165, 1.54) is 0 Å². The number of ether oxygens (including phenoxy) is 1. The Kier molecular flexibility index (Phi) is 8.39. The fraction of sp³-hybridized carbons (Fsp3) is 0.258. The first kappa shape index (κ1) is 26.7. The predicted octanol–water partition coefficient (Wildman–Crippen LogP) is 7.11. The summed E-state index contributed by atoms with van der Waals surface area (Å²) in [6.07, 6.45) is 0. The number of azo groups is 1. The fourth-order valence-electron chi connectivity index (χ4n) is 4.79. The van der Waals surface area contributed by atoms with Crippen LogP contribution in [0.25, 0.3) is 16.8 Å². The number of likely N-dealkylation sites (N-methyl/N-ethyl adjacent to an activating group) is 1. The number of benzene rings is 3. The van der Waals surface area contributed by atoms with Crippen molar-refractivity contribution in [2.45, 2.75) is 13.8 Å². The highest BCUT2D eigenvalue weighted by Gasteiger charge is 2.24. The van der Waals surface area contributed by atoms with Crippen LogP contribution in [0.4, 0.5) is 17.2 Å². The van der Waals surface area contributed by atoms with Gasteiger partial charge in [-0.2, -0.15) is 0 Å². The lowest BCUT2D eigenvalue weighted by atomic mass is 10.0. The van der Waals surface area contributed by atoms with Crippen molar-refractivity contribution in [3.8, 4) is 22.6 Å². The highest BCUT2D eigenvalue weighted by atomic mass is 35.5. The Morgan fingerprint density at radius 3 is 2.21 bits per heavy atom. The lowest BCUT2D eigenvalue weighted by Crippen LogP contribution is -2.47. The number of pyridine rings is 1. The summed E-state index contributed by atoms with van der Waals surface area (Å²) in [6.45, 7) is 9.24. The van der Waals surface area contributed by atoms with Gasteiger partial charge in [0.2, 0.25) is 0 Å². The molecule has 5 rings (SSSR count). The lowest BCUT2D eigenvalue weighted by Gasteiger charge is -2.36. The number of nitrogens with zero attached hydrogens (tertiary/aromatic N) is 5. The average molecular weight is 542 g/mol. The molecule has 0 unspecified atom stereocenters. The van der Waals surface area contributed by atoms with Crippen molar-refractivity contribution >= 4 is 28.8 Å². The molecule has 1 aromatic heterocycles. The summed E-state index contributed by atoms with van der Waals surface area (Å²) in [5.41, 5.74) is 2.86. The van der Waals surface area contributed by atoms with Crippen LogP contribution in [-0.2, 0) is 0 Å². The molecule has 0 radical (unpaired) electrons. The second-order valence-electron chi connectivity index (χ2n) is 9.27. The standard InChI is InChI=1S/C31H32ClN5O2/c1-3-35-18-20-36(21-19-35)29-22-26(23-14-16-25(17-15-23)39-4-2)30(34-33-28-13-9-8-12-27(28)32)31(38)37(29)24-10-6-5-7-11-24/h5-17,22H,3-4,18-21H2,1-2H3. The monoisotopic (exact) mass is 541 g/mol. The van der Waals surface area contributed by atoms with E-state index in [1.807, 2.05) is 73.7 Å². The number of para-hydroxylation sites is 1. The number of hydrogen-bond acceptors (Lipinski definition) is 6. The topological polar surface area (TPSA) is 62.4 Å². The third kappa shape index (κ3) is 5.90. The van der Waals surface area contributed by atoms with Crippen LogP contribution < -0.4 is 15.2 Å². The molecule has 200 valence electrons. The van der Waals surface area contributed by atoms with Gasteiger partial charge in [-0.25, -0.2) is 0 Å². The molecule has 0 aliphatic carbocycles. The van der Waals surface area contributed by atoms with Crippen LogP contribution in [0.1, 0.15) is 13.8 Å². The number of piperazine rings is 1. The lowest BCUT2D eigenvalue weighted by molar-refractivity contribution is 0.270. The van der Waals surface area contributed by atoms with Gasteiger partial charge in [0.25, 0.3) is 5.56 Å². The molecule has 8 heteroatoms. The Bertz CT molecular complexity index is 1490. The summed E-state index contributed by atoms with van der Waals surface area (Å²) in [5, 5.41) is 9.39. The number of anilines is 1. The molecule has 0 spiro atoms. The highest BCUT2D eigenvalue weighted by molar-refractivity contribution is 6.32. The summed E-state index contributed by atoms with van der Waals surface area (Å²) in [7, 11) is 0. The van der Waals surface area contributed by atoms with E-state index in [-0.39, 0.29) is 11.2 Å². The van der Waals surface area contributed by atoms with Crippen molar-refractivity contribution in [3.63, 3.8) is 0 Å². The molecule has 1 fully saturated rings. The van der Waals surface area contributed by atoms with Gasteiger partial charge in [-0.3, -0.25) is 9.36 Å². The average Bonchev–Trinajstić information content (AvgIpc) is 2.98. The van der Waals surface area contributed by atoms with E-state index in [2.05, 4.69) is 33.0 Å². The van der Waals surface area contributed by atoms with Gasteiger partial charge >= 0.3 is 0 Å². The summed E-state index contributed by atoms with van der Waals surface area (Å²) in [6, 6.07) is 26.7. The van der Waals surface area contributed by atoms with E-state index in [1.54, 1.807) is 16.7 Å². The van der Waals surface area contributed by atoms with Gasteiger partial charge in [0.15, 0.2) is 5.69 Å². The van der Waals surface area contributed by atoms with Crippen LogP contribution >= 0.6 is 11.6 Å². The zero-order valence-electron chi connectivity index (χ0n) is 22.3. The first-order chi connectivity index (χ1) is 19.1. The quantitative estimate of drug-likeness (QED) is 0.223. The van der Waals surface area contributed by atoms with Crippen LogP contribution in [-0.4, -0.2) is 48.8 Å². The van der Waals surface area contributed by atoms with Crippen LogP contribution in [0, 0.1) is 0 Å². The Labute approximate surface area is 233 Å². The molecular formula is C31H32ClN5O2. The smallest absolute Gasteiger partial charge is 0.285 e. The molecule has 0 atom stereocenters. The molecule has 1 saturated heterocycles. The third-order valence-electron chi connectivity index (χ3n) is 6.91. The second-order valence-corrected chi connectivity index (χ2v) is 9.68. The SMILES string of the molecule is CCOc1ccc(-c2cc(N3CCN(CC)CC3)n(-c3ccccc3)c(=O)c2N=Nc2ccccc2Cl)cc1. The Balaban J connectivity index is 1.71. The molecule has 0 amide bonds. The zero-order valence-corrected chi connectivity index (χ0v) is 23.0. The molecule has 4 aromatic rings. The van der Waals surface area contributed by atoms with E-state index in [0.29, 0.717) is 22.9 Å². The highest BCUT2D eigenvalue weighted by Crippen LogP contribution is 2.35. The summed E-state index contributed by atoms with van der Waals surface area (Å²) >= 11 is 6.35. The van der Waals surface area contributed by atoms with Gasteiger partial charge in [-0.1, -0.05) is 61.0 Å². The second kappa shape index (κ2) is 12.3. The van der Waals surface area contributed by atoms with E-state index >= 15 is 0 Å². The minimum atomic E-state index is -0.240. The minimum absolute atomic E-state index is 0.240. The third-order valence-corrected chi connectivity index (χ3v) is 7.23. The van der Waals surface area contributed by atoms with E-state index < -0.39 is 0 Å². The van der Waals surface area contributed by atoms with Crippen molar-refractivity contribution in [1.29, 1.82) is 0 Å². The number of hydrogen-bond donors (Lipinski definition) is 0. The van der Waals surface area contributed by atoms with Gasteiger partial charge in [-0.05, 0) is 61.5 Å². The van der Waals surface area contributed by atoms with E-state index in [0.717, 1.165) is 55.5 Å². The van der Waals surface area contributed by atoms with Gasteiger partial charge < -0.3 is 14.5 Å². The van der Waals surface area contributed by atoms with E-state index in [4.69, 9.17) is 16.3 Å². The first-order valence-corrected chi connectivity index (χ1v) is 13.7. The molecular weight excluding hydrogens is 510 g/mol. The molecule has 3 aromatic carbocycles. The zero-order chi connectivity index (χ0) is 27.2. The Morgan fingerprint density at radius 1 is 0.846 bits per heavy atom. The first-order valence-electron chi connectivity index (χ1n) is 13.3. The molecule has 7 nitrogen and oxygen atoms in total. The van der Waals surface area contributed by atoms with Crippen LogP contribution in [0.5, 0.6) is 5.75 Å². The maximum absolute atomic E-state index is 14.3. The van der Waals surface area contributed by atoms with Crippen LogP contribution in [0.15, 0.2) is 100.0 Å². The molecule has 1 aliphatic rings. The van der Waals surface area contributed by atoms with Gasteiger partial charge in [-0.15, -0.1) is 10.2 Å². The van der Waals surface area contributed by atoms with E-state index in [9.17, 15) is 4.79 Å². The number of halogens is 1. The van der Waals surface area contributed by atoms with Crippen molar-refractivity contribution in [2.75, 3.05) is 44.2 Å². The van der Waals surface area contributed by atoms with Gasteiger partial charge in [0, 0.05) is 31.7 Å². The van der Waals surface area contributed by atoms with Crippen molar-refractivity contribution in [2.24, 2.45) is 10.2 Å². The molecule has 0 saturated carbocycles. The van der Waals surface area contributed by atoms with Gasteiger partial charge in [0.1, 0.15) is 17.3 Å². The molecule has 0 N–H and O–H groups in total. The maximum Gasteiger partial charge on any atom is 0.285 e. The summed E-state index contributed by atoms with van der Waals surface area (Å²) in [4.78, 5) is 19.0. The molecule has 39 heavy (non-hydrogen) atoms. The van der Waals surface area contributed by atoms with Crippen molar-refractivity contribution < 1.29 is 4.74 Å². The summed E-state index contributed by atoms with van der Waals surface area (Å²) in [5.74, 6) is 1.61. The minimum Gasteiger partial charge on any atom is -0.494 e.